The summed E-state index contributed by atoms with van der Waals surface area (Å²) in [6.45, 7) is 11.1. The predicted molar refractivity (Wildman–Crippen MR) is 300 cm³/mol. The van der Waals surface area contributed by atoms with Crippen LogP contribution < -0.4 is 0 Å². The summed E-state index contributed by atoms with van der Waals surface area (Å²) >= 11 is 0. The zero-order chi connectivity index (χ0) is 48.3. The Labute approximate surface area is 417 Å². The lowest BCUT2D eigenvalue weighted by Crippen LogP contribution is -2.31. The number of benzene rings is 10. The van der Waals surface area contributed by atoms with Gasteiger partial charge in [0.1, 0.15) is 0 Å². The van der Waals surface area contributed by atoms with Gasteiger partial charge in [0.2, 0.25) is 0 Å². The van der Waals surface area contributed by atoms with Crippen molar-refractivity contribution in [2.24, 2.45) is 0 Å². The smallest absolute Gasteiger partial charge is 0.0870 e. The van der Waals surface area contributed by atoms with E-state index in [2.05, 4.69) is 292 Å². The minimum Gasteiger partial charge on any atom is -0.311 e. The van der Waals surface area contributed by atoms with E-state index in [4.69, 9.17) is 0 Å². The van der Waals surface area contributed by atoms with Crippen LogP contribution in [0.15, 0.2) is 249 Å². The first kappa shape index (κ1) is 43.8. The van der Waals surface area contributed by atoms with Crippen LogP contribution in [0.2, 0.25) is 0 Å². The van der Waals surface area contributed by atoms with E-state index in [0.717, 1.165) is 0 Å². The van der Waals surface area contributed by atoms with Crippen LogP contribution in [-0.2, 0) is 10.8 Å². The minimum atomic E-state index is -0.435. The maximum absolute atomic E-state index is 2.50. The van der Waals surface area contributed by atoms with Gasteiger partial charge >= 0.3 is 0 Å². The van der Waals surface area contributed by atoms with Gasteiger partial charge < -0.3 is 9.13 Å². The van der Waals surface area contributed by atoms with Gasteiger partial charge in [0.05, 0.1) is 27.7 Å². The number of para-hydroxylation sites is 4. The molecular weight excluding hydrogens is 857 g/mol. The number of aryl methyl sites for hydroxylation is 3. The molecule has 2 heteroatoms. The fourth-order valence-corrected chi connectivity index (χ4v) is 11.9. The molecule has 0 unspecified atom stereocenters. The van der Waals surface area contributed by atoms with Gasteiger partial charge in [-0.05, 0) is 114 Å². The molecule has 10 aromatic carbocycles. The number of hydrogen-bond acceptors (Lipinski definition) is 0. The molecule has 0 spiro atoms. The minimum absolute atomic E-state index is 0.151. The molecule has 0 amide bonds. The number of rotatable bonds is 4. The molecule has 0 aliphatic heterocycles. The molecule has 0 atom stereocenters. The summed E-state index contributed by atoms with van der Waals surface area (Å²) in [5.74, 6) is 0. The first-order valence-corrected chi connectivity index (χ1v) is 24.9. The van der Waals surface area contributed by atoms with E-state index in [1.165, 1.54) is 117 Å². The van der Waals surface area contributed by atoms with Crippen molar-refractivity contribution in [1.29, 1.82) is 0 Å². The first-order valence-electron chi connectivity index (χ1n) is 24.9. The Hall–Kier alpha value is -8.46. The van der Waals surface area contributed by atoms with Crippen molar-refractivity contribution in [3.63, 3.8) is 0 Å². The molecular formula is C69H56N2. The molecule has 0 N–H and O–H groups in total. The second-order valence-electron chi connectivity index (χ2n) is 19.9. The topological polar surface area (TPSA) is 9.86 Å². The highest BCUT2D eigenvalue weighted by molar-refractivity contribution is 6.09. The molecule has 0 bridgehead atoms. The SMILES string of the molecule is Cc1ccc2c(c1)-c1c(n(-c3ccccc3)c3ccccc13)C2(c1ccccc1)c1ccccc1.Cc1ccc2c(c1)C(C)(C)c1ccccc1-2.Cc1ccc2c(c1)c1ccccc1n2-c1ccccc1. The van der Waals surface area contributed by atoms with Gasteiger partial charge in [0.25, 0.3) is 0 Å². The van der Waals surface area contributed by atoms with E-state index >= 15 is 0 Å². The van der Waals surface area contributed by atoms with E-state index in [9.17, 15) is 0 Å². The molecule has 342 valence electrons. The van der Waals surface area contributed by atoms with E-state index in [1.54, 1.807) is 0 Å². The van der Waals surface area contributed by atoms with Crippen LogP contribution in [0.3, 0.4) is 0 Å². The van der Waals surface area contributed by atoms with E-state index in [0.29, 0.717) is 0 Å². The summed E-state index contributed by atoms with van der Waals surface area (Å²) < 4.78 is 4.84. The summed E-state index contributed by atoms with van der Waals surface area (Å²) in [5, 5.41) is 3.94. The predicted octanol–water partition coefficient (Wildman–Crippen LogP) is 17.7. The summed E-state index contributed by atoms with van der Waals surface area (Å²) in [6, 6.07) is 90.1. The number of fused-ring (bicyclic) bond motifs is 11. The number of hydrogen-bond donors (Lipinski definition) is 0. The molecule has 2 aliphatic rings. The molecule has 14 rings (SSSR count). The summed E-state index contributed by atoms with van der Waals surface area (Å²) in [6.07, 6.45) is 0. The van der Waals surface area contributed by atoms with Crippen LogP contribution in [0.5, 0.6) is 0 Å². The van der Waals surface area contributed by atoms with Crippen molar-refractivity contribution >= 4 is 32.7 Å². The summed E-state index contributed by atoms with van der Waals surface area (Å²) in [7, 11) is 0. The van der Waals surface area contributed by atoms with Crippen LogP contribution in [0, 0.1) is 20.8 Å². The van der Waals surface area contributed by atoms with Gasteiger partial charge in [-0.1, -0.05) is 231 Å². The lowest BCUT2D eigenvalue weighted by Gasteiger charge is -2.35. The molecule has 0 radical (unpaired) electrons. The Morgan fingerprint density at radius 2 is 0.775 bits per heavy atom. The molecule has 2 aliphatic carbocycles. The molecule has 0 fully saturated rings. The third-order valence-electron chi connectivity index (χ3n) is 15.1. The van der Waals surface area contributed by atoms with Gasteiger partial charge in [-0.15, -0.1) is 0 Å². The van der Waals surface area contributed by atoms with Crippen LogP contribution >= 0.6 is 0 Å². The molecule has 71 heavy (non-hydrogen) atoms. The van der Waals surface area contributed by atoms with Crippen molar-refractivity contribution in [2.75, 3.05) is 0 Å². The second-order valence-corrected chi connectivity index (χ2v) is 19.9. The van der Waals surface area contributed by atoms with Crippen molar-refractivity contribution in [1.82, 2.24) is 9.13 Å². The monoisotopic (exact) mass is 912 g/mol. The normalized spacial score (nSPS) is 13.4. The molecule has 0 saturated carbocycles. The Balaban J connectivity index is 0.000000121. The van der Waals surface area contributed by atoms with Gasteiger partial charge in [-0.25, -0.2) is 0 Å². The maximum atomic E-state index is 2.50. The fraction of sp³-hybridized carbons (Fsp3) is 0.101. The Kier molecular flexibility index (Phi) is 10.8. The van der Waals surface area contributed by atoms with Gasteiger partial charge in [0.15, 0.2) is 0 Å². The zero-order valence-corrected chi connectivity index (χ0v) is 41.1. The molecule has 12 aromatic rings. The Morgan fingerprint density at radius 3 is 1.44 bits per heavy atom. The zero-order valence-electron chi connectivity index (χ0n) is 41.1. The van der Waals surface area contributed by atoms with Crippen molar-refractivity contribution in [2.45, 2.75) is 45.4 Å². The van der Waals surface area contributed by atoms with Gasteiger partial charge in [0, 0.05) is 38.5 Å². The quantitative estimate of drug-likeness (QED) is 0.166. The first-order chi connectivity index (χ1) is 34.7. The van der Waals surface area contributed by atoms with Gasteiger partial charge in [-0.3, -0.25) is 0 Å². The average Bonchev–Trinajstić information content (AvgIpc) is 4.10. The van der Waals surface area contributed by atoms with Gasteiger partial charge in [-0.2, -0.15) is 0 Å². The van der Waals surface area contributed by atoms with Crippen LogP contribution in [0.1, 0.15) is 64.0 Å². The Morgan fingerprint density at radius 1 is 0.310 bits per heavy atom. The molecule has 2 nitrogen and oxygen atoms in total. The van der Waals surface area contributed by atoms with Crippen molar-refractivity contribution in [3.05, 3.63) is 299 Å². The maximum Gasteiger partial charge on any atom is 0.0870 e. The average molecular weight is 913 g/mol. The highest BCUT2D eigenvalue weighted by Gasteiger charge is 2.50. The Bertz CT molecular complexity index is 3870. The van der Waals surface area contributed by atoms with Crippen LogP contribution in [-0.4, -0.2) is 9.13 Å². The molecule has 2 heterocycles. The summed E-state index contributed by atoms with van der Waals surface area (Å²) in [5.41, 5.74) is 23.5. The highest BCUT2D eigenvalue weighted by Crippen LogP contribution is 2.59. The standard InChI is InChI=1S/C34H25N.C19H15N.C16H16/c1-24-21-22-30-29(23-24)32-28-19-11-12-20-31(28)35(27-17-9-4-10-18-27)33(32)34(30,25-13-5-2-6-14-25)26-15-7-3-8-16-26;1-14-11-12-19-17(13-14)16-9-5-6-10-18(16)20(19)15-7-3-2-4-8-15;1-11-8-9-13-12-6-4-5-7-14(12)16(2,3)15(13)10-11/h2-23H,1H3;2-13H,1H3;4-10H,1-3H3. The van der Waals surface area contributed by atoms with E-state index in [-0.39, 0.29) is 5.41 Å². The van der Waals surface area contributed by atoms with Crippen LogP contribution in [0.25, 0.3) is 66.3 Å². The molecule has 0 saturated heterocycles. The lowest BCUT2D eigenvalue weighted by atomic mass is 9.69. The summed E-state index contributed by atoms with van der Waals surface area (Å²) in [4.78, 5) is 0. The lowest BCUT2D eigenvalue weighted by molar-refractivity contribution is 0.660. The number of nitrogens with zero attached hydrogens (tertiary/aromatic N) is 2. The highest BCUT2D eigenvalue weighted by atomic mass is 15.0. The molecule has 2 aromatic heterocycles. The van der Waals surface area contributed by atoms with Crippen molar-refractivity contribution in [3.8, 4) is 33.6 Å². The fourth-order valence-electron chi connectivity index (χ4n) is 11.9. The third-order valence-corrected chi connectivity index (χ3v) is 15.1. The van der Waals surface area contributed by atoms with E-state index < -0.39 is 5.41 Å². The third kappa shape index (κ3) is 7.08. The largest absolute Gasteiger partial charge is 0.311 e. The second kappa shape index (κ2) is 17.5. The van der Waals surface area contributed by atoms with Crippen molar-refractivity contribution < 1.29 is 0 Å². The van der Waals surface area contributed by atoms with E-state index in [1.807, 2.05) is 0 Å². The number of aromatic nitrogens is 2. The van der Waals surface area contributed by atoms with Crippen LogP contribution in [0.4, 0.5) is 0 Å².